The van der Waals surface area contributed by atoms with Gasteiger partial charge in [0.2, 0.25) is 0 Å². The zero-order valence-electron chi connectivity index (χ0n) is 15.6. The third-order valence-corrected chi connectivity index (χ3v) is 8.77. The molecule has 4 aliphatic carbocycles. The van der Waals surface area contributed by atoms with Crippen LogP contribution in [0.1, 0.15) is 75.3 Å². The van der Waals surface area contributed by atoms with E-state index in [1.54, 1.807) is 12.7 Å². The molecule has 0 N–H and O–H groups in total. The molecular formula is C23H30O2. The van der Waals surface area contributed by atoms with Crippen molar-refractivity contribution in [2.75, 3.05) is 7.11 Å². The van der Waals surface area contributed by atoms with E-state index in [0.717, 1.165) is 25.0 Å². The molecule has 0 saturated heterocycles. The van der Waals surface area contributed by atoms with Crippen LogP contribution in [-0.4, -0.2) is 12.9 Å². The molecular weight excluding hydrogens is 308 g/mol. The van der Waals surface area contributed by atoms with Gasteiger partial charge in [0, 0.05) is 11.8 Å². The van der Waals surface area contributed by atoms with Crippen LogP contribution < -0.4 is 4.74 Å². The number of fused-ring (bicyclic) bond motifs is 3. The molecule has 0 unspecified atom stereocenters. The van der Waals surface area contributed by atoms with Gasteiger partial charge in [-0.3, -0.25) is 4.79 Å². The minimum absolute atomic E-state index is 0.0385. The molecule has 3 fully saturated rings. The Morgan fingerprint density at radius 1 is 1.12 bits per heavy atom. The first-order valence-corrected chi connectivity index (χ1v) is 10.3. The number of carbonyl (C=O) groups excluding carboxylic acids is 1. The topological polar surface area (TPSA) is 26.3 Å². The average molecular weight is 338 g/mol. The summed E-state index contributed by atoms with van der Waals surface area (Å²) in [4.78, 5) is 13.1. The Bertz CT molecular complexity index is 723. The molecule has 1 aromatic carbocycles. The molecule has 25 heavy (non-hydrogen) atoms. The zero-order valence-corrected chi connectivity index (χ0v) is 15.6. The van der Waals surface area contributed by atoms with Crippen LogP contribution in [0.2, 0.25) is 0 Å². The van der Waals surface area contributed by atoms with Crippen LogP contribution in [0.4, 0.5) is 0 Å². The van der Waals surface area contributed by atoms with E-state index in [1.165, 1.54) is 44.1 Å². The van der Waals surface area contributed by atoms with Crippen molar-refractivity contribution >= 4 is 5.78 Å². The van der Waals surface area contributed by atoms with E-state index in [-0.39, 0.29) is 5.41 Å². The summed E-state index contributed by atoms with van der Waals surface area (Å²) in [6, 6.07) is 6.74. The number of carbonyl (C=O) groups is 1. The summed E-state index contributed by atoms with van der Waals surface area (Å²) in [5, 5.41) is 0. The second-order valence-electron chi connectivity index (χ2n) is 9.30. The summed E-state index contributed by atoms with van der Waals surface area (Å²) >= 11 is 0. The highest BCUT2D eigenvalue weighted by Crippen LogP contribution is 2.72. The molecule has 0 heterocycles. The van der Waals surface area contributed by atoms with Crippen LogP contribution >= 0.6 is 0 Å². The van der Waals surface area contributed by atoms with Gasteiger partial charge in [0.15, 0.2) is 0 Å². The van der Waals surface area contributed by atoms with Gasteiger partial charge in [0.1, 0.15) is 11.5 Å². The van der Waals surface area contributed by atoms with Crippen LogP contribution in [0.5, 0.6) is 5.75 Å². The Hall–Kier alpha value is -1.31. The van der Waals surface area contributed by atoms with Gasteiger partial charge in [-0.2, -0.15) is 0 Å². The van der Waals surface area contributed by atoms with Gasteiger partial charge in [0.25, 0.3) is 0 Å². The Kier molecular flexibility index (Phi) is 3.40. The van der Waals surface area contributed by atoms with E-state index in [4.69, 9.17) is 4.74 Å². The number of methoxy groups -OCH3 is 1. The van der Waals surface area contributed by atoms with Crippen molar-refractivity contribution < 1.29 is 9.53 Å². The van der Waals surface area contributed by atoms with E-state index in [0.29, 0.717) is 29.0 Å². The molecule has 0 radical (unpaired) electrons. The highest BCUT2D eigenvalue weighted by Gasteiger charge is 2.68. The molecule has 2 nitrogen and oxygen atoms in total. The lowest BCUT2D eigenvalue weighted by molar-refractivity contribution is -0.142. The largest absolute Gasteiger partial charge is 0.497 e. The zero-order chi connectivity index (χ0) is 17.2. The van der Waals surface area contributed by atoms with Gasteiger partial charge in [-0.25, -0.2) is 0 Å². The van der Waals surface area contributed by atoms with Gasteiger partial charge in [-0.05, 0) is 85.0 Å². The molecule has 5 atom stereocenters. The first-order valence-electron chi connectivity index (χ1n) is 10.3. The molecule has 4 aliphatic rings. The van der Waals surface area contributed by atoms with Crippen molar-refractivity contribution in [1.82, 2.24) is 0 Å². The van der Waals surface area contributed by atoms with Gasteiger partial charge in [0.05, 0.1) is 7.11 Å². The molecule has 134 valence electrons. The number of ether oxygens (including phenoxy) is 1. The maximum Gasteiger partial charge on any atom is 0.139 e. The molecule has 0 amide bonds. The number of hydrogen-bond acceptors (Lipinski definition) is 2. The first-order chi connectivity index (χ1) is 12.1. The van der Waals surface area contributed by atoms with Crippen LogP contribution in [0.3, 0.4) is 0 Å². The van der Waals surface area contributed by atoms with Crippen molar-refractivity contribution in [3.63, 3.8) is 0 Å². The monoisotopic (exact) mass is 338 g/mol. The maximum absolute atomic E-state index is 13.1. The van der Waals surface area contributed by atoms with Crippen molar-refractivity contribution in [2.24, 2.45) is 22.7 Å². The van der Waals surface area contributed by atoms with Crippen molar-refractivity contribution in [2.45, 2.75) is 70.6 Å². The van der Waals surface area contributed by atoms with Gasteiger partial charge < -0.3 is 4.74 Å². The van der Waals surface area contributed by atoms with Gasteiger partial charge in [-0.1, -0.05) is 25.8 Å². The quantitative estimate of drug-likeness (QED) is 0.695. The Balaban J connectivity index is 1.61. The van der Waals surface area contributed by atoms with E-state index >= 15 is 0 Å². The number of aryl methyl sites for hydroxylation is 1. The number of ketones is 1. The molecule has 1 spiro atoms. The van der Waals surface area contributed by atoms with E-state index in [1.807, 2.05) is 0 Å². The average Bonchev–Trinajstić information content (AvgIpc) is 2.88. The van der Waals surface area contributed by atoms with Crippen LogP contribution in [0, 0.1) is 22.7 Å². The Morgan fingerprint density at radius 3 is 2.84 bits per heavy atom. The fourth-order valence-corrected chi connectivity index (χ4v) is 7.69. The second-order valence-corrected chi connectivity index (χ2v) is 9.30. The number of rotatable bonds is 1. The van der Waals surface area contributed by atoms with Gasteiger partial charge >= 0.3 is 0 Å². The fourth-order valence-electron chi connectivity index (χ4n) is 7.69. The fraction of sp³-hybridized carbons (Fsp3) is 0.696. The highest BCUT2D eigenvalue weighted by molar-refractivity contribution is 5.88. The molecule has 5 rings (SSSR count). The van der Waals surface area contributed by atoms with Crippen LogP contribution in [0.15, 0.2) is 18.2 Å². The number of benzene rings is 1. The molecule has 0 bridgehead atoms. The van der Waals surface area contributed by atoms with Crippen molar-refractivity contribution in [1.29, 1.82) is 0 Å². The van der Waals surface area contributed by atoms with Gasteiger partial charge in [-0.15, -0.1) is 0 Å². The lowest BCUT2D eigenvalue weighted by Crippen LogP contribution is -2.55. The summed E-state index contributed by atoms with van der Waals surface area (Å²) in [5.74, 6) is 3.62. The molecule has 2 heteroatoms. The Morgan fingerprint density at radius 2 is 2.00 bits per heavy atom. The third kappa shape index (κ3) is 1.89. The Labute approximate surface area is 151 Å². The second kappa shape index (κ2) is 5.34. The summed E-state index contributed by atoms with van der Waals surface area (Å²) in [6.07, 6.45) is 10.9. The van der Waals surface area contributed by atoms with Crippen molar-refractivity contribution in [3.05, 3.63) is 29.3 Å². The summed E-state index contributed by atoms with van der Waals surface area (Å²) in [5.41, 5.74) is 3.32. The van der Waals surface area contributed by atoms with E-state index in [9.17, 15) is 4.79 Å². The normalized spacial score (nSPS) is 42.2. The summed E-state index contributed by atoms with van der Waals surface area (Å²) in [7, 11) is 1.76. The molecule has 0 aliphatic heterocycles. The summed E-state index contributed by atoms with van der Waals surface area (Å²) < 4.78 is 5.46. The standard InChI is InChI=1S/C23H30O2/c1-22-12-10-19-18-8-7-17(25-2)13-15(18)6-9-20(19)23(22)11-4-3-5-16(23)14-21(22)24/h7-8,13,16,19-20H,3-6,9-12,14H2,1-2H3/t16-,19-,20-,22-,23-/m1/s1. The lowest BCUT2D eigenvalue weighted by atomic mass is 9.43. The van der Waals surface area contributed by atoms with Crippen LogP contribution in [-0.2, 0) is 11.2 Å². The predicted molar refractivity (Wildman–Crippen MR) is 98.9 cm³/mol. The highest BCUT2D eigenvalue weighted by atomic mass is 16.5. The maximum atomic E-state index is 13.1. The SMILES string of the molecule is COc1ccc2c(c1)CC[C@@H]1[C@@H]2CC[C@]2(C)C(=O)C[C@H]3CCCC[C@@]312. The lowest BCUT2D eigenvalue weighted by Gasteiger charge is -2.60. The van der Waals surface area contributed by atoms with E-state index in [2.05, 4.69) is 25.1 Å². The first kappa shape index (κ1) is 15.9. The minimum Gasteiger partial charge on any atom is -0.497 e. The molecule has 0 aromatic heterocycles. The molecule has 1 aromatic rings. The van der Waals surface area contributed by atoms with Crippen LogP contribution in [0.25, 0.3) is 0 Å². The smallest absolute Gasteiger partial charge is 0.139 e. The minimum atomic E-state index is -0.0385. The predicted octanol–water partition coefficient (Wildman–Crippen LogP) is 5.29. The van der Waals surface area contributed by atoms with E-state index < -0.39 is 0 Å². The van der Waals surface area contributed by atoms with Crippen molar-refractivity contribution in [3.8, 4) is 5.75 Å². The third-order valence-electron chi connectivity index (χ3n) is 8.77. The summed E-state index contributed by atoms with van der Waals surface area (Å²) in [6.45, 7) is 2.35. The molecule has 3 saturated carbocycles. The number of Topliss-reactive ketones (excluding diaryl/α,β-unsaturated/α-hetero) is 1. The number of hydrogen-bond donors (Lipinski definition) is 0.